The molecule has 0 bridgehead atoms. The molecule has 0 aliphatic carbocycles. The van der Waals surface area contributed by atoms with Crippen LogP contribution in [0.25, 0.3) is 5.03 Å². The second kappa shape index (κ2) is 4.90. The SMILES string of the molecule is CSC(SC)=C(Cl)c1ccco1. The van der Waals surface area contributed by atoms with Gasteiger partial charge in [-0.1, -0.05) is 11.6 Å². The second-order valence-corrected chi connectivity index (χ2v) is 4.26. The van der Waals surface area contributed by atoms with Crippen molar-refractivity contribution in [1.82, 2.24) is 0 Å². The fourth-order valence-corrected chi connectivity index (χ4v) is 2.56. The van der Waals surface area contributed by atoms with Gasteiger partial charge in [0.15, 0.2) is 0 Å². The minimum Gasteiger partial charge on any atom is -0.463 e. The molecule has 1 nitrogen and oxygen atoms in total. The standard InChI is InChI=1S/C8H9ClOS2/c1-11-8(12-2)7(9)6-4-3-5-10-6/h3-5H,1-2H3. The highest BCUT2D eigenvalue weighted by atomic mass is 35.5. The Morgan fingerprint density at radius 3 is 2.50 bits per heavy atom. The van der Waals surface area contributed by atoms with Gasteiger partial charge in [0.25, 0.3) is 0 Å². The molecule has 66 valence electrons. The van der Waals surface area contributed by atoms with Gasteiger partial charge in [0.05, 0.1) is 10.5 Å². The molecular formula is C8H9ClOS2. The third-order valence-corrected chi connectivity index (χ3v) is 4.04. The summed E-state index contributed by atoms with van der Waals surface area (Å²) < 4.78 is 6.24. The molecule has 0 N–H and O–H groups in total. The zero-order valence-corrected chi connectivity index (χ0v) is 9.22. The van der Waals surface area contributed by atoms with Gasteiger partial charge < -0.3 is 4.42 Å². The molecule has 0 amide bonds. The lowest BCUT2D eigenvalue weighted by atomic mass is 10.4. The van der Waals surface area contributed by atoms with Crippen LogP contribution in [0.15, 0.2) is 27.1 Å². The normalized spacial score (nSPS) is 9.92. The van der Waals surface area contributed by atoms with Crippen LogP contribution < -0.4 is 0 Å². The van der Waals surface area contributed by atoms with E-state index in [0.717, 1.165) is 10.00 Å². The lowest BCUT2D eigenvalue weighted by molar-refractivity contribution is 0.555. The van der Waals surface area contributed by atoms with Gasteiger partial charge in [0.1, 0.15) is 10.8 Å². The molecule has 0 aliphatic heterocycles. The van der Waals surface area contributed by atoms with Crippen LogP contribution in [0.3, 0.4) is 0 Å². The number of furan rings is 1. The Morgan fingerprint density at radius 2 is 2.08 bits per heavy atom. The summed E-state index contributed by atoms with van der Waals surface area (Å²) in [6, 6.07) is 3.69. The van der Waals surface area contributed by atoms with Crippen LogP contribution in [0.2, 0.25) is 0 Å². The fraction of sp³-hybridized carbons (Fsp3) is 0.250. The Hall–Kier alpha value is 0.01000. The van der Waals surface area contributed by atoms with Gasteiger partial charge in [-0.3, -0.25) is 0 Å². The van der Waals surface area contributed by atoms with Crippen molar-refractivity contribution in [3.63, 3.8) is 0 Å². The van der Waals surface area contributed by atoms with Gasteiger partial charge in [0, 0.05) is 0 Å². The molecule has 0 saturated heterocycles. The average Bonchev–Trinajstić information content (AvgIpc) is 2.58. The van der Waals surface area contributed by atoms with Crippen LogP contribution in [-0.4, -0.2) is 12.5 Å². The van der Waals surface area contributed by atoms with Crippen LogP contribution in [0.1, 0.15) is 5.76 Å². The molecular weight excluding hydrogens is 212 g/mol. The summed E-state index contributed by atoms with van der Waals surface area (Å²) in [4.78, 5) is 0. The van der Waals surface area contributed by atoms with Crippen LogP contribution in [0.4, 0.5) is 0 Å². The molecule has 1 heterocycles. The Balaban J connectivity index is 2.94. The zero-order valence-electron chi connectivity index (χ0n) is 6.83. The molecule has 0 unspecified atom stereocenters. The lowest BCUT2D eigenvalue weighted by Gasteiger charge is -2.01. The molecule has 0 radical (unpaired) electrons. The molecule has 0 saturated carbocycles. The summed E-state index contributed by atoms with van der Waals surface area (Å²) in [5, 5.41) is 0.694. The predicted molar refractivity (Wildman–Crippen MR) is 58.5 cm³/mol. The zero-order chi connectivity index (χ0) is 8.97. The number of hydrogen-bond donors (Lipinski definition) is 0. The van der Waals surface area contributed by atoms with Crippen LogP contribution >= 0.6 is 35.1 Å². The fourth-order valence-electron chi connectivity index (χ4n) is 0.767. The molecule has 1 aromatic rings. The van der Waals surface area contributed by atoms with Crippen molar-refractivity contribution in [2.24, 2.45) is 0 Å². The van der Waals surface area contributed by atoms with Crippen molar-refractivity contribution in [2.75, 3.05) is 12.5 Å². The van der Waals surface area contributed by atoms with Gasteiger partial charge in [-0.15, -0.1) is 23.5 Å². The van der Waals surface area contributed by atoms with E-state index in [-0.39, 0.29) is 0 Å². The first-order valence-corrected chi connectivity index (χ1v) is 6.14. The molecule has 0 aliphatic rings. The first-order chi connectivity index (χ1) is 5.79. The van der Waals surface area contributed by atoms with E-state index in [4.69, 9.17) is 16.0 Å². The van der Waals surface area contributed by atoms with E-state index in [1.54, 1.807) is 29.8 Å². The first-order valence-electron chi connectivity index (χ1n) is 3.31. The Kier molecular flexibility index (Phi) is 4.12. The maximum atomic E-state index is 6.06. The minimum absolute atomic E-state index is 0.694. The quantitative estimate of drug-likeness (QED) is 0.768. The molecule has 0 spiro atoms. The summed E-state index contributed by atoms with van der Waals surface area (Å²) >= 11 is 9.31. The topological polar surface area (TPSA) is 13.1 Å². The molecule has 0 atom stereocenters. The summed E-state index contributed by atoms with van der Waals surface area (Å²) in [7, 11) is 0. The largest absolute Gasteiger partial charge is 0.463 e. The summed E-state index contributed by atoms with van der Waals surface area (Å²) in [6.07, 6.45) is 5.62. The average molecular weight is 221 g/mol. The highest BCUT2D eigenvalue weighted by Crippen LogP contribution is 2.35. The molecule has 0 fully saturated rings. The van der Waals surface area contributed by atoms with E-state index in [0.29, 0.717) is 5.03 Å². The summed E-state index contributed by atoms with van der Waals surface area (Å²) in [5.74, 6) is 0.732. The predicted octanol–water partition coefficient (Wildman–Crippen LogP) is 3.87. The monoisotopic (exact) mass is 220 g/mol. The number of thioether (sulfide) groups is 2. The smallest absolute Gasteiger partial charge is 0.146 e. The van der Waals surface area contributed by atoms with Gasteiger partial charge in [-0.25, -0.2) is 0 Å². The number of rotatable bonds is 3. The Labute approximate surface area is 85.5 Å². The maximum absolute atomic E-state index is 6.06. The third-order valence-electron chi connectivity index (χ3n) is 1.29. The second-order valence-electron chi connectivity index (χ2n) is 1.99. The Bertz CT molecular complexity index is 261. The van der Waals surface area contributed by atoms with Crippen molar-refractivity contribution >= 4 is 40.2 Å². The highest BCUT2D eigenvalue weighted by molar-refractivity contribution is 8.22. The van der Waals surface area contributed by atoms with Crippen molar-refractivity contribution in [3.8, 4) is 0 Å². The highest BCUT2D eigenvalue weighted by Gasteiger charge is 2.07. The van der Waals surface area contributed by atoms with Crippen molar-refractivity contribution in [1.29, 1.82) is 0 Å². The van der Waals surface area contributed by atoms with Gasteiger partial charge >= 0.3 is 0 Å². The van der Waals surface area contributed by atoms with Crippen molar-refractivity contribution in [2.45, 2.75) is 0 Å². The first kappa shape index (κ1) is 10.1. The Morgan fingerprint density at radius 1 is 1.42 bits per heavy atom. The van der Waals surface area contributed by atoms with Crippen LogP contribution in [-0.2, 0) is 0 Å². The summed E-state index contributed by atoms with van der Waals surface area (Å²) in [6.45, 7) is 0. The van der Waals surface area contributed by atoms with E-state index in [9.17, 15) is 0 Å². The maximum Gasteiger partial charge on any atom is 0.146 e. The third kappa shape index (κ3) is 2.25. The molecule has 0 aromatic carbocycles. The minimum atomic E-state index is 0.694. The lowest BCUT2D eigenvalue weighted by Crippen LogP contribution is -1.74. The van der Waals surface area contributed by atoms with E-state index < -0.39 is 0 Å². The molecule has 1 aromatic heterocycles. The van der Waals surface area contributed by atoms with Crippen molar-refractivity contribution < 1.29 is 4.42 Å². The van der Waals surface area contributed by atoms with Gasteiger partial charge in [-0.05, 0) is 24.6 Å². The van der Waals surface area contributed by atoms with E-state index >= 15 is 0 Å². The van der Waals surface area contributed by atoms with E-state index in [1.165, 1.54) is 0 Å². The van der Waals surface area contributed by atoms with Crippen LogP contribution in [0, 0.1) is 0 Å². The summed E-state index contributed by atoms with van der Waals surface area (Å²) in [5.41, 5.74) is 0. The van der Waals surface area contributed by atoms with E-state index in [1.807, 2.05) is 24.6 Å². The molecule has 4 heteroatoms. The van der Waals surface area contributed by atoms with Crippen LogP contribution in [0.5, 0.6) is 0 Å². The number of hydrogen-bond acceptors (Lipinski definition) is 3. The number of halogens is 1. The van der Waals surface area contributed by atoms with E-state index in [2.05, 4.69) is 0 Å². The van der Waals surface area contributed by atoms with Gasteiger partial charge in [0.2, 0.25) is 0 Å². The molecule has 12 heavy (non-hydrogen) atoms. The van der Waals surface area contributed by atoms with Gasteiger partial charge in [-0.2, -0.15) is 0 Å². The van der Waals surface area contributed by atoms with Crippen molar-refractivity contribution in [3.05, 3.63) is 28.4 Å². The molecule has 1 rings (SSSR count).